The first kappa shape index (κ1) is 15.2. The van der Waals surface area contributed by atoms with Crippen LogP contribution < -0.4 is 0 Å². The van der Waals surface area contributed by atoms with E-state index in [0.29, 0.717) is 0 Å². The molecule has 0 N–H and O–H groups in total. The van der Waals surface area contributed by atoms with E-state index in [4.69, 9.17) is 17.7 Å². The molecule has 0 rings (SSSR count). The van der Waals surface area contributed by atoms with Crippen LogP contribution in [0.3, 0.4) is 0 Å². The summed E-state index contributed by atoms with van der Waals surface area (Å²) in [5.74, 6) is -2.33. The highest BCUT2D eigenvalue weighted by molar-refractivity contribution is 6.59. The zero-order valence-electron chi connectivity index (χ0n) is 10.1. The molecule has 0 unspecified atom stereocenters. The van der Waals surface area contributed by atoms with E-state index < -0.39 is 27.0 Å². The highest BCUT2D eigenvalue weighted by Crippen LogP contribution is 2.16. The van der Waals surface area contributed by atoms with E-state index in [0.717, 1.165) is 20.8 Å². The fraction of sp³-hybridized carbons (Fsp3) is 0.444. The van der Waals surface area contributed by atoms with Gasteiger partial charge in [-0.15, -0.1) is 0 Å². The molecule has 0 aromatic rings. The zero-order chi connectivity index (χ0) is 13.6. The lowest BCUT2D eigenvalue weighted by Crippen LogP contribution is -2.51. The second-order valence-electron chi connectivity index (χ2n) is 3.09. The number of allylic oxidation sites excluding steroid dienone is 1. The zero-order valence-corrected chi connectivity index (χ0v) is 11.1. The molecule has 0 bridgehead atoms. The number of rotatable bonds is 5. The molecule has 0 aliphatic carbocycles. The molecule has 0 radical (unpaired) electrons. The molecule has 0 aromatic carbocycles. The number of hydrogen-bond donors (Lipinski definition) is 0. The van der Waals surface area contributed by atoms with Crippen LogP contribution >= 0.6 is 0 Å². The number of hydrogen-bond acceptors (Lipinski definition) is 7. The molecule has 0 spiro atoms. The van der Waals surface area contributed by atoms with Crippen LogP contribution in [0.4, 0.5) is 0 Å². The Bertz CT molecular complexity index is 280. The topological polar surface area (TPSA) is 88.1 Å². The first-order valence-corrected chi connectivity index (χ1v) is 6.23. The van der Waals surface area contributed by atoms with Crippen molar-refractivity contribution in [2.45, 2.75) is 27.7 Å². The molecule has 0 saturated carbocycles. The van der Waals surface area contributed by atoms with Gasteiger partial charge in [0.15, 0.2) is 0 Å². The molecule has 0 atom stereocenters. The lowest BCUT2D eigenvalue weighted by atomic mass is 10.7. The smallest absolute Gasteiger partial charge is 0.457 e. The molecule has 0 heterocycles. The summed E-state index contributed by atoms with van der Waals surface area (Å²) in [6, 6.07) is 0. The van der Waals surface area contributed by atoms with Gasteiger partial charge in [0.1, 0.15) is 0 Å². The maximum Gasteiger partial charge on any atom is 0.972 e. The van der Waals surface area contributed by atoms with Crippen LogP contribution in [0.25, 0.3) is 0 Å². The van der Waals surface area contributed by atoms with Gasteiger partial charge in [0.05, 0.1) is 5.76 Å². The quantitative estimate of drug-likeness (QED) is 0.531. The minimum absolute atomic E-state index is 0.0837. The summed E-state index contributed by atoms with van der Waals surface area (Å²) in [6.45, 7) is 8.03. The van der Waals surface area contributed by atoms with Crippen LogP contribution in [0.1, 0.15) is 27.7 Å². The molecule has 0 aliphatic heterocycles. The van der Waals surface area contributed by atoms with E-state index in [1.54, 1.807) is 0 Å². The summed E-state index contributed by atoms with van der Waals surface area (Å²) in [6.07, 6.45) is 0. The third-order valence-electron chi connectivity index (χ3n) is 1.11. The number of carbonyl (C=O) groups excluding carboxylic acids is 3. The first-order chi connectivity index (χ1) is 7.67. The van der Waals surface area contributed by atoms with Crippen molar-refractivity contribution in [3.05, 3.63) is 12.3 Å². The Kier molecular flexibility index (Phi) is 5.39. The SMILES string of the molecule is C=C(C)O[Si](OC(C)=O)(OC(C)=O)OC(C)=O. The molecule has 0 amide bonds. The monoisotopic (exact) mass is 262 g/mol. The van der Waals surface area contributed by atoms with Crippen molar-refractivity contribution in [2.75, 3.05) is 0 Å². The average Bonchev–Trinajstić information content (AvgIpc) is 1.95. The Morgan fingerprint density at radius 2 is 1.06 bits per heavy atom. The highest BCUT2D eigenvalue weighted by Gasteiger charge is 2.60. The van der Waals surface area contributed by atoms with Gasteiger partial charge in [0.2, 0.25) is 0 Å². The van der Waals surface area contributed by atoms with Crippen molar-refractivity contribution < 1.29 is 32.1 Å². The van der Waals surface area contributed by atoms with E-state index in [9.17, 15) is 14.4 Å². The molecule has 96 valence electrons. The van der Waals surface area contributed by atoms with E-state index in [2.05, 4.69) is 6.58 Å². The van der Waals surface area contributed by atoms with E-state index >= 15 is 0 Å². The van der Waals surface area contributed by atoms with E-state index in [-0.39, 0.29) is 5.76 Å². The van der Waals surface area contributed by atoms with Gasteiger partial charge in [-0.3, -0.25) is 14.4 Å². The van der Waals surface area contributed by atoms with Gasteiger partial charge in [0.25, 0.3) is 17.9 Å². The molecule has 0 aromatic heterocycles. The second kappa shape index (κ2) is 6.04. The van der Waals surface area contributed by atoms with Crippen molar-refractivity contribution in [1.29, 1.82) is 0 Å². The van der Waals surface area contributed by atoms with Gasteiger partial charge >= 0.3 is 9.05 Å². The summed E-state index contributed by atoms with van der Waals surface area (Å²) in [4.78, 5) is 32.8. The highest BCUT2D eigenvalue weighted by atomic mass is 28.4. The second-order valence-corrected chi connectivity index (χ2v) is 4.90. The van der Waals surface area contributed by atoms with Crippen molar-refractivity contribution in [2.24, 2.45) is 0 Å². The van der Waals surface area contributed by atoms with Gasteiger partial charge < -0.3 is 17.7 Å². The molecule has 0 saturated heterocycles. The third-order valence-corrected chi connectivity index (χ3v) is 3.32. The molecular formula is C9H14O7Si. The van der Waals surface area contributed by atoms with Crippen LogP contribution in [0.5, 0.6) is 0 Å². The molecule has 0 aliphatic rings. The Labute approximate surface area is 99.8 Å². The maximum absolute atomic E-state index is 10.9. The minimum atomic E-state index is -4.20. The van der Waals surface area contributed by atoms with Crippen LogP contribution in [-0.4, -0.2) is 27.0 Å². The largest absolute Gasteiger partial charge is 0.972 e. The summed E-state index contributed by atoms with van der Waals surface area (Å²) in [5.41, 5.74) is 0. The summed E-state index contributed by atoms with van der Waals surface area (Å²) >= 11 is 0. The van der Waals surface area contributed by atoms with Crippen LogP contribution in [0.2, 0.25) is 0 Å². The standard InChI is InChI=1S/C9H14O7Si/c1-6(2)13-17(14-7(3)10,15-8(4)11)16-9(5)12/h1H2,2-5H3. The average molecular weight is 262 g/mol. The molecular weight excluding hydrogens is 248 g/mol. The minimum Gasteiger partial charge on any atom is -0.457 e. The van der Waals surface area contributed by atoms with E-state index in [1.165, 1.54) is 6.92 Å². The van der Waals surface area contributed by atoms with Gasteiger partial charge in [0, 0.05) is 20.8 Å². The third kappa shape index (κ3) is 6.35. The summed E-state index contributed by atoms with van der Waals surface area (Å²) < 4.78 is 19.1. The lowest BCUT2D eigenvalue weighted by Gasteiger charge is -2.24. The first-order valence-electron chi connectivity index (χ1n) is 4.60. The molecule has 0 fully saturated rings. The Morgan fingerprint density at radius 3 is 1.24 bits per heavy atom. The fourth-order valence-electron chi connectivity index (χ4n) is 0.866. The van der Waals surface area contributed by atoms with Crippen molar-refractivity contribution in [1.82, 2.24) is 0 Å². The van der Waals surface area contributed by atoms with E-state index in [1.807, 2.05) is 0 Å². The van der Waals surface area contributed by atoms with Crippen molar-refractivity contribution in [3.8, 4) is 0 Å². The lowest BCUT2D eigenvalue weighted by molar-refractivity contribution is -0.154. The van der Waals surface area contributed by atoms with Crippen LogP contribution in [0.15, 0.2) is 12.3 Å². The van der Waals surface area contributed by atoms with Crippen molar-refractivity contribution in [3.63, 3.8) is 0 Å². The van der Waals surface area contributed by atoms with Gasteiger partial charge in [-0.25, -0.2) is 0 Å². The maximum atomic E-state index is 10.9. The molecule has 8 heteroatoms. The molecule has 7 nitrogen and oxygen atoms in total. The Balaban J connectivity index is 5.16. The van der Waals surface area contributed by atoms with Crippen LogP contribution in [0, 0.1) is 0 Å². The van der Waals surface area contributed by atoms with Crippen molar-refractivity contribution >= 4 is 27.0 Å². The summed E-state index contributed by atoms with van der Waals surface area (Å²) in [5, 5.41) is 0. The molecule has 17 heavy (non-hydrogen) atoms. The van der Waals surface area contributed by atoms with Gasteiger partial charge in [-0.1, -0.05) is 6.58 Å². The fourth-order valence-corrected chi connectivity index (χ4v) is 2.60. The van der Waals surface area contributed by atoms with Crippen LogP contribution in [-0.2, 0) is 32.1 Å². The summed E-state index contributed by atoms with van der Waals surface area (Å²) in [7, 11) is -4.20. The Hall–Kier alpha value is -1.83. The number of carbonyl (C=O) groups is 3. The van der Waals surface area contributed by atoms with Gasteiger partial charge in [-0.2, -0.15) is 0 Å². The predicted molar refractivity (Wildman–Crippen MR) is 57.0 cm³/mol. The Morgan fingerprint density at radius 1 is 0.765 bits per heavy atom. The predicted octanol–water partition coefficient (Wildman–Crippen LogP) is 0.661. The van der Waals surface area contributed by atoms with Gasteiger partial charge in [-0.05, 0) is 6.92 Å². The normalized spacial score (nSPS) is 10.1.